The number of hydrogen-bond donors (Lipinski definition) is 2. The van der Waals surface area contributed by atoms with E-state index in [1.54, 1.807) is 11.8 Å². The van der Waals surface area contributed by atoms with Crippen LogP contribution in [-0.4, -0.2) is 35.5 Å². The van der Waals surface area contributed by atoms with Crippen LogP contribution in [0.1, 0.15) is 19.8 Å². The Bertz CT molecular complexity index is 304. The fourth-order valence-corrected chi connectivity index (χ4v) is 3.29. The van der Waals surface area contributed by atoms with Crippen LogP contribution in [0.15, 0.2) is 5.11 Å². The molecule has 1 aliphatic rings. The van der Waals surface area contributed by atoms with E-state index < -0.39 is 5.54 Å². The van der Waals surface area contributed by atoms with Crippen molar-refractivity contribution in [3.8, 4) is 0 Å². The summed E-state index contributed by atoms with van der Waals surface area (Å²) in [5.74, 6) is 0.668. The zero-order valence-corrected chi connectivity index (χ0v) is 10.2. The maximum Gasteiger partial charge on any atom is 0.238 e. The third-order valence-corrected chi connectivity index (χ3v) is 4.28. The van der Waals surface area contributed by atoms with Crippen LogP contribution in [0.3, 0.4) is 0 Å². The van der Waals surface area contributed by atoms with E-state index in [4.69, 9.17) is 11.3 Å². The van der Waals surface area contributed by atoms with Crippen LogP contribution in [0.2, 0.25) is 0 Å². The number of primary amides is 1. The number of nitrogens with one attached hydrogen (secondary N) is 1. The lowest BCUT2D eigenvalue weighted by molar-refractivity contribution is -0.124. The second kappa shape index (κ2) is 5.98. The lowest BCUT2D eigenvalue weighted by Crippen LogP contribution is -2.59. The van der Waals surface area contributed by atoms with Crippen molar-refractivity contribution in [2.24, 2.45) is 10.8 Å². The number of nitrogens with zero attached hydrogens (tertiary/aromatic N) is 3. The van der Waals surface area contributed by atoms with Gasteiger partial charge in [0.15, 0.2) is 0 Å². The van der Waals surface area contributed by atoms with Crippen molar-refractivity contribution >= 4 is 17.7 Å². The average molecular weight is 243 g/mol. The van der Waals surface area contributed by atoms with E-state index in [0.717, 1.165) is 18.6 Å². The number of carbonyl (C=O) groups is 1. The third-order valence-electron chi connectivity index (χ3n) is 2.94. The number of azide groups is 1. The molecule has 0 aromatic heterocycles. The van der Waals surface area contributed by atoms with Crippen LogP contribution < -0.4 is 11.1 Å². The molecule has 1 heterocycles. The topological polar surface area (TPSA) is 104 Å². The van der Waals surface area contributed by atoms with Gasteiger partial charge in [0.05, 0.1) is 0 Å². The summed E-state index contributed by atoms with van der Waals surface area (Å²) in [7, 11) is 0. The monoisotopic (exact) mass is 243 g/mol. The molecule has 0 aliphatic carbocycles. The highest BCUT2D eigenvalue weighted by Crippen LogP contribution is 2.35. The van der Waals surface area contributed by atoms with Crippen LogP contribution >= 0.6 is 11.8 Å². The van der Waals surface area contributed by atoms with Crippen molar-refractivity contribution in [2.45, 2.75) is 30.6 Å². The van der Waals surface area contributed by atoms with Crippen molar-refractivity contribution < 1.29 is 4.79 Å². The summed E-state index contributed by atoms with van der Waals surface area (Å²) in [5.41, 5.74) is 13.0. The van der Waals surface area contributed by atoms with Gasteiger partial charge in [0.25, 0.3) is 0 Å². The molecule has 2 atom stereocenters. The summed E-state index contributed by atoms with van der Waals surface area (Å²) >= 11 is 1.76. The predicted molar refractivity (Wildman–Crippen MR) is 65.1 cm³/mol. The summed E-state index contributed by atoms with van der Waals surface area (Å²) in [4.78, 5) is 14.2. The number of nitrogens with two attached hydrogens (primary N) is 1. The Labute approximate surface area is 99.0 Å². The average Bonchev–Trinajstić information content (AvgIpc) is 2.61. The molecule has 1 rings (SSSR count). The molecule has 6 nitrogen and oxygen atoms in total. The van der Waals surface area contributed by atoms with Gasteiger partial charge in [-0.3, -0.25) is 4.79 Å². The highest BCUT2D eigenvalue weighted by molar-refractivity contribution is 8.00. The number of thioether (sulfide) groups is 1. The SMILES string of the molecule is CC1SCCC1(NCCCN=[N+]=[N-])C(N)=O. The summed E-state index contributed by atoms with van der Waals surface area (Å²) < 4.78 is 0. The molecule has 7 heteroatoms. The van der Waals surface area contributed by atoms with Crippen LogP contribution in [0.25, 0.3) is 10.4 Å². The van der Waals surface area contributed by atoms with E-state index in [0.29, 0.717) is 13.1 Å². The molecule has 0 aromatic carbocycles. The van der Waals surface area contributed by atoms with Crippen LogP contribution in [0.4, 0.5) is 0 Å². The van der Waals surface area contributed by atoms with Crippen LogP contribution in [0, 0.1) is 0 Å². The fourth-order valence-electron chi connectivity index (χ4n) is 1.89. The highest BCUT2D eigenvalue weighted by Gasteiger charge is 2.45. The Balaban J connectivity index is 2.46. The minimum absolute atomic E-state index is 0.199. The lowest BCUT2D eigenvalue weighted by Gasteiger charge is -2.30. The molecular weight excluding hydrogens is 226 g/mol. The van der Waals surface area contributed by atoms with E-state index in [1.165, 1.54) is 0 Å². The first-order valence-electron chi connectivity index (χ1n) is 5.31. The second-order valence-electron chi connectivity index (χ2n) is 3.83. The van der Waals surface area contributed by atoms with Gasteiger partial charge in [0.1, 0.15) is 5.54 Å². The fraction of sp³-hybridized carbons (Fsp3) is 0.889. The van der Waals surface area contributed by atoms with E-state index >= 15 is 0 Å². The number of amides is 1. The van der Waals surface area contributed by atoms with E-state index in [2.05, 4.69) is 15.3 Å². The van der Waals surface area contributed by atoms with Gasteiger partial charge in [-0.05, 0) is 30.7 Å². The van der Waals surface area contributed by atoms with Crippen molar-refractivity contribution in [3.05, 3.63) is 10.4 Å². The Morgan fingerprint density at radius 3 is 3.06 bits per heavy atom. The minimum atomic E-state index is -0.582. The molecule has 16 heavy (non-hydrogen) atoms. The standard InChI is InChI=1S/C9H17N5OS/c1-7-9(8(10)15,3-6-16-7)12-4-2-5-13-14-11/h7,12H,2-6H2,1H3,(H2,10,15). The number of carbonyl (C=O) groups excluding carboxylic acids is 1. The highest BCUT2D eigenvalue weighted by atomic mass is 32.2. The summed E-state index contributed by atoms with van der Waals surface area (Å²) in [6.07, 6.45) is 1.49. The van der Waals surface area contributed by atoms with E-state index in [9.17, 15) is 4.79 Å². The molecule has 0 aromatic rings. The quantitative estimate of drug-likeness (QED) is 0.315. The Hall–Kier alpha value is -0.910. The Morgan fingerprint density at radius 1 is 1.81 bits per heavy atom. The Morgan fingerprint density at radius 2 is 2.56 bits per heavy atom. The smallest absolute Gasteiger partial charge is 0.238 e. The molecular formula is C9H17N5OS. The van der Waals surface area contributed by atoms with Crippen molar-refractivity contribution in [1.29, 1.82) is 0 Å². The first kappa shape index (κ1) is 13.2. The van der Waals surface area contributed by atoms with Gasteiger partial charge in [-0.2, -0.15) is 11.8 Å². The minimum Gasteiger partial charge on any atom is -0.368 e. The van der Waals surface area contributed by atoms with Crippen molar-refractivity contribution in [2.75, 3.05) is 18.8 Å². The zero-order valence-electron chi connectivity index (χ0n) is 9.35. The molecule has 90 valence electrons. The molecule has 0 radical (unpaired) electrons. The van der Waals surface area contributed by atoms with Gasteiger partial charge >= 0.3 is 0 Å². The molecule has 3 N–H and O–H groups in total. The molecule has 0 saturated carbocycles. The first-order chi connectivity index (χ1) is 7.63. The molecule has 1 aliphatic heterocycles. The van der Waals surface area contributed by atoms with Gasteiger partial charge in [-0.25, -0.2) is 0 Å². The van der Waals surface area contributed by atoms with Gasteiger partial charge < -0.3 is 11.1 Å². The van der Waals surface area contributed by atoms with Gasteiger partial charge in [-0.1, -0.05) is 12.0 Å². The van der Waals surface area contributed by atoms with E-state index in [1.807, 2.05) is 6.92 Å². The predicted octanol–water partition coefficient (Wildman–Crippen LogP) is 1.03. The number of rotatable bonds is 6. The van der Waals surface area contributed by atoms with E-state index in [-0.39, 0.29) is 11.2 Å². The maximum absolute atomic E-state index is 11.5. The molecule has 1 fully saturated rings. The first-order valence-corrected chi connectivity index (χ1v) is 6.36. The van der Waals surface area contributed by atoms with Gasteiger partial charge in [0.2, 0.25) is 5.91 Å². The number of hydrogen-bond acceptors (Lipinski definition) is 4. The normalized spacial score (nSPS) is 28.7. The molecule has 1 amide bonds. The zero-order chi connectivity index (χ0) is 12.0. The molecule has 1 saturated heterocycles. The summed E-state index contributed by atoms with van der Waals surface area (Å²) in [5, 5.41) is 6.86. The van der Waals surface area contributed by atoms with Gasteiger partial charge in [-0.15, -0.1) is 0 Å². The summed E-state index contributed by atoms with van der Waals surface area (Å²) in [6.45, 7) is 3.11. The largest absolute Gasteiger partial charge is 0.368 e. The third kappa shape index (κ3) is 2.81. The van der Waals surface area contributed by atoms with Gasteiger partial charge in [0, 0.05) is 16.7 Å². The molecule has 0 bridgehead atoms. The molecule has 2 unspecified atom stereocenters. The second-order valence-corrected chi connectivity index (χ2v) is 5.28. The van der Waals surface area contributed by atoms with Crippen molar-refractivity contribution in [3.63, 3.8) is 0 Å². The maximum atomic E-state index is 11.5. The van der Waals surface area contributed by atoms with Crippen LogP contribution in [0.5, 0.6) is 0 Å². The Kier molecular flexibility index (Phi) is 4.92. The van der Waals surface area contributed by atoms with Crippen molar-refractivity contribution in [1.82, 2.24) is 5.32 Å². The van der Waals surface area contributed by atoms with Crippen LogP contribution in [-0.2, 0) is 4.79 Å². The molecule has 0 spiro atoms. The lowest BCUT2D eigenvalue weighted by atomic mass is 9.91. The summed E-state index contributed by atoms with van der Waals surface area (Å²) in [6, 6.07) is 0.